The van der Waals surface area contributed by atoms with Crippen molar-refractivity contribution in [1.29, 1.82) is 0 Å². The van der Waals surface area contributed by atoms with Crippen LogP contribution in [0.2, 0.25) is 0 Å². The zero-order chi connectivity index (χ0) is 19.6. The fourth-order valence-electron chi connectivity index (χ4n) is 3.47. The molecule has 1 amide bonds. The first-order valence-corrected chi connectivity index (χ1v) is 11.4. The number of imidazole rings is 1. The van der Waals surface area contributed by atoms with Gasteiger partial charge in [-0.05, 0) is 30.9 Å². The van der Waals surface area contributed by atoms with Crippen LogP contribution in [0.1, 0.15) is 55.3 Å². The SMILES string of the molecule is CCC(C)CNC(=O)c1nc(C2CCCN(S(C)(=O)=O)C2)n2ccccc12. The second-order valence-electron chi connectivity index (χ2n) is 7.46. The van der Waals surface area contributed by atoms with Crippen molar-refractivity contribution in [2.45, 2.75) is 39.0 Å². The molecular formula is C19H28N4O3S. The van der Waals surface area contributed by atoms with Crippen molar-refractivity contribution in [2.75, 3.05) is 25.9 Å². The highest BCUT2D eigenvalue weighted by molar-refractivity contribution is 7.88. The first kappa shape index (κ1) is 19.8. The van der Waals surface area contributed by atoms with Gasteiger partial charge in [0.25, 0.3) is 5.91 Å². The summed E-state index contributed by atoms with van der Waals surface area (Å²) in [6.45, 7) is 5.75. The Hall–Kier alpha value is -1.93. The zero-order valence-corrected chi connectivity index (χ0v) is 17.0. The molecule has 3 heterocycles. The van der Waals surface area contributed by atoms with Gasteiger partial charge in [0.05, 0.1) is 11.8 Å². The number of nitrogens with zero attached hydrogens (tertiary/aromatic N) is 3. The van der Waals surface area contributed by atoms with E-state index in [9.17, 15) is 13.2 Å². The summed E-state index contributed by atoms with van der Waals surface area (Å²) in [5.74, 6) is 0.956. The van der Waals surface area contributed by atoms with Crippen molar-refractivity contribution < 1.29 is 13.2 Å². The average Bonchev–Trinajstić information content (AvgIpc) is 3.05. The van der Waals surface area contributed by atoms with E-state index in [4.69, 9.17) is 0 Å². The van der Waals surface area contributed by atoms with Crippen LogP contribution >= 0.6 is 0 Å². The van der Waals surface area contributed by atoms with Gasteiger partial charge in [-0.3, -0.25) is 4.79 Å². The van der Waals surface area contributed by atoms with Gasteiger partial charge in [-0.1, -0.05) is 26.3 Å². The minimum Gasteiger partial charge on any atom is -0.350 e. The third-order valence-corrected chi connectivity index (χ3v) is 6.59. The molecule has 1 aliphatic rings. The molecule has 0 aromatic carbocycles. The van der Waals surface area contributed by atoms with Crippen LogP contribution in [0, 0.1) is 5.92 Å². The molecule has 0 radical (unpaired) electrons. The molecule has 2 aromatic heterocycles. The molecule has 1 aliphatic heterocycles. The lowest BCUT2D eigenvalue weighted by Crippen LogP contribution is -2.38. The molecule has 0 bridgehead atoms. The summed E-state index contributed by atoms with van der Waals surface area (Å²) in [5, 5.41) is 2.97. The standard InChI is InChI=1S/C19H28N4O3S/c1-4-14(2)12-20-19(24)17-16-9-5-6-11-23(16)18(21-17)15-8-7-10-22(13-15)27(3,25)26/h5-6,9,11,14-15H,4,7-8,10,12-13H2,1-3H3,(H,20,24). The average molecular weight is 393 g/mol. The van der Waals surface area contributed by atoms with E-state index in [1.807, 2.05) is 28.8 Å². The van der Waals surface area contributed by atoms with Crippen LogP contribution in [0.5, 0.6) is 0 Å². The van der Waals surface area contributed by atoms with Crippen LogP contribution in [0.15, 0.2) is 24.4 Å². The molecule has 0 spiro atoms. The van der Waals surface area contributed by atoms with Crippen molar-refractivity contribution in [2.24, 2.45) is 5.92 Å². The lowest BCUT2D eigenvalue weighted by Gasteiger charge is -2.30. The van der Waals surface area contributed by atoms with Crippen LogP contribution in [0.25, 0.3) is 5.52 Å². The summed E-state index contributed by atoms with van der Waals surface area (Å²) in [6.07, 6.45) is 5.77. The van der Waals surface area contributed by atoms with Gasteiger partial charge >= 0.3 is 0 Å². The number of hydrogen-bond donors (Lipinski definition) is 1. The van der Waals surface area contributed by atoms with Crippen molar-refractivity contribution in [3.05, 3.63) is 35.9 Å². The molecule has 0 saturated carbocycles. The number of fused-ring (bicyclic) bond motifs is 1. The topological polar surface area (TPSA) is 83.8 Å². The number of amides is 1. The maximum Gasteiger partial charge on any atom is 0.272 e. The van der Waals surface area contributed by atoms with E-state index in [-0.39, 0.29) is 11.8 Å². The second-order valence-corrected chi connectivity index (χ2v) is 9.44. The number of pyridine rings is 1. The Morgan fingerprint density at radius 1 is 1.41 bits per heavy atom. The summed E-state index contributed by atoms with van der Waals surface area (Å²) in [6, 6.07) is 5.66. The smallest absolute Gasteiger partial charge is 0.272 e. The van der Waals surface area contributed by atoms with Gasteiger partial charge < -0.3 is 9.72 Å². The normalized spacial score (nSPS) is 19.9. The van der Waals surface area contributed by atoms with E-state index in [1.54, 1.807) is 0 Å². The molecule has 8 heteroatoms. The number of hydrogen-bond acceptors (Lipinski definition) is 4. The van der Waals surface area contributed by atoms with E-state index >= 15 is 0 Å². The maximum atomic E-state index is 12.7. The zero-order valence-electron chi connectivity index (χ0n) is 16.2. The van der Waals surface area contributed by atoms with Crippen LogP contribution in [-0.4, -0.2) is 53.9 Å². The van der Waals surface area contributed by atoms with Crippen molar-refractivity contribution in [3.8, 4) is 0 Å². The van der Waals surface area contributed by atoms with Gasteiger partial charge in [-0.25, -0.2) is 17.7 Å². The van der Waals surface area contributed by atoms with E-state index in [2.05, 4.69) is 24.1 Å². The number of rotatable bonds is 6. The highest BCUT2D eigenvalue weighted by Gasteiger charge is 2.30. The highest BCUT2D eigenvalue weighted by Crippen LogP contribution is 2.29. The van der Waals surface area contributed by atoms with Gasteiger partial charge in [0.15, 0.2) is 5.69 Å². The Kier molecular flexibility index (Phi) is 5.86. The number of carbonyl (C=O) groups excluding carboxylic acids is 1. The summed E-state index contributed by atoms with van der Waals surface area (Å²) in [5.41, 5.74) is 1.16. The summed E-state index contributed by atoms with van der Waals surface area (Å²) < 4.78 is 27.3. The van der Waals surface area contributed by atoms with Crippen LogP contribution in [0.3, 0.4) is 0 Å². The number of sulfonamides is 1. The second kappa shape index (κ2) is 7.98. The molecule has 1 fully saturated rings. The van der Waals surface area contributed by atoms with Gasteiger partial charge in [0.1, 0.15) is 5.82 Å². The minimum absolute atomic E-state index is 0.0282. The lowest BCUT2D eigenvalue weighted by atomic mass is 9.99. The van der Waals surface area contributed by atoms with E-state index in [1.165, 1.54) is 10.6 Å². The third kappa shape index (κ3) is 4.32. The first-order valence-electron chi connectivity index (χ1n) is 9.51. The number of carbonyl (C=O) groups is 1. The summed E-state index contributed by atoms with van der Waals surface area (Å²) >= 11 is 0. The van der Waals surface area contributed by atoms with Crippen molar-refractivity contribution >= 4 is 21.4 Å². The summed E-state index contributed by atoms with van der Waals surface area (Å²) in [7, 11) is -3.23. The molecule has 27 heavy (non-hydrogen) atoms. The fourth-order valence-corrected chi connectivity index (χ4v) is 4.38. The maximum absolute atomic E-state index is 12.7. The number of piperidine rings is 1. The van der Waals surface area contributed by atoms with Gasteiger partial charge in [-0.15, -0.1) is 0 Å². The molecule has 7 nitrogen and oxygen atoms in total. The Labute approximate surface area is 160 Å². The number of aromatic nitrogens is 2. The molecule has 2 unspecified atom stereocenters. The highest BCUT2D eigenvalue weighted by atomic mass is 32.2. The summed E-state index contributed by atoms with van der Waals surface area (Å²) in [4.78, 5) is 17.4. The predicted octanol–water partition coefficient (Wildman–Crippen LogP) is 2.25. The molecule has 2 atom stereocenters. The van der Waals surface area contributed by atoms with Crippen molar-refractivity contribution in [1.82, 2.24) is 19.0 Å². The lowest BCUT2D eigenvalue weighted by molar-refractivity contribution is 0.0944. The quantitative estimate of drug-likeness (QED) is 0.817. The van der Waals surface area contributed by atoms with Crippen LogP contribution in [0.4, 0.5) is 0 Å². The van der Waals surface area contributed by atoms with E-state index < -0.39 is 10.0 Å². The Morgan fingerprint density at radius 2 is 2.19 bits per heavy atom. The molecule has 1 N–H and O–H groups in total. The molecule has 3 rings (SSSR count). The third-order valence-electron chi connectivity index (χ3n) is 5.32. The predicted molar refractivity (Wildman–Crippen MR) is 105 cm³/mol. The molecular weight excluding hydrogens is 364 g/mol. The van der Waals surface area contributed by atoms with Gasteiger partial charge in [-0.2, -0.15) is 0 Å². The Bertz CT molecular complexity index is 922. The molecule has 2 aromatic rings. The van der Waals surface area contributed by atoms with E-state index in [0.717, 1.165) is 30.6 Å². The Morgan fingerprint density at radius 3 is 2.89 bits per heavy atom. The first-order chi connectivity index (χ1) is 12.8. The van der Waals surface area contributed by atoms with Gasteiger partial charge in [0.2, 0.25) is 10.0 Å². The minimum atomic E-state index is -3.23. The Balaban J connectivity index is 1.92. The van der Waals surface area contributed by atoms with Crippen LogP contribution in [-0.2, 0) is 10.0 Å². The molecule has 0 aliphatic carbocycles. The molecule has 148 valence electrons. The monoisotopic (exact) mass is 392 g/mol. The van der Waals surface area contributed by atoms with E-state index in [0.29, 0.717) is 31.2 Å². The molecule has 1 saturated heterocycles. The van der Waals surface area contributed by atoms with Gasteiger partial charge in [0, 0.05) is 31.7 Å². The fraction of sp³-hybridized carbons (Fsp3) is 0.579. The van der Waals surface area contributed by atoms with Crippen molar-refractivity contribution in [3.63, 3.8) is 0 Å². The number of nitrogens with one attached hydrogen (secondary N) is 1. The van der Waals surface area contributed by atoms with Crippen LogP contribution < -0.4 is 5.32 Å². The largest absolute Gasteiger partial charge is 0.350 e.